The zero-order valence-corrected chi connectivity index (χ0v) is 52.7. The topological polar surface area (TPSA) is 108 Å². The number of ether oxygens (including phenoxy) is 4. The van der Waals surface area contributed by atoms with Gasteiger partial charge in [-0.1, -0.05) is 257 Å². The Bertz CT molecular complexity index is 1740. The van der Waals surface area contributed by atoms with Crippen LogP contribution in [0.2, 0.25) is 0 Å². The Balaban J connectivity index is 4.15. The fraction of sp³-hybridized carbons (Fsp3) is 0.681. The number of esters is 2. The zero-order valence-electron chi connectivity index (χ0n) is 52.7. The number of carbonyl (C=O) groups is 3. The van der Waals surface area contributed by atoms with Gasteiger partial charge in [0.1, 0.15) is 13.2 Å². The van der Waals surface area contributed by atoms with Crippen LogP contribution in [0.3, 0.4) is 0 Å². The Morgan fingerprint density at radius 1 is 0.383 bits per heavy atom. The molecule has 0 aromatic heterocycles. The summed E-state index contributed by atoms with van der Waals surface area (Å²) in [6.07, 6.45) is 84.3. The summed E-state index contributed by atoms with van der Waals surface area (Å²) >= 11 is 0. The third-order valence-electron chi connectivity index (χ3n) is 13.7. The number of nitrogens with zero attached hydrogens (tertiary/aromatic N) is 1. The minimum Gasteiger partial charge on any atom is -0.477 e. The second-order valence-electron chi connectivity index (χ2n) is 22.7. The number of aliphatic carboxylic acids is 1. The number of rotatable bonds is 59. The number of carboxylic acids is 1. The molecule has 0 spiro atoms. The Kier molecular flexibility index (Phi) is 58.5. The van der Waals surface area contributed by atoms with Crippen LogP contribution in [0.1, 0.15) is 258 Å². The largest absolute Gasteiger partial charge is 0.477 e. The maximum absolute atomic E-state index is 12.9. The fourth-order valence-corrected chi connectivity index (χ4v) is 8.71. The molecule has 0 fully saturated rings. The van der Waals surface area contributed by atoms with E-state index in [2.05, 4.69) is 135 Å². The van der Waals surface area contributed by atoms with Crippen molar-refractivity contribution >= 4 is 17.9 Å². The minimum absolute atomic E-state index is 0.182. The van der Waals surface area contributed by atoms with Gasteiger partial charge < -0.3 is 28.5 Å². The maximum atomic E-state index is 12.9. The van der Waals surface area contributed by atoms with Crippen LogP contribution in [-0.2, 0) is 33.3 Å². The van der Waals surface area contributed by atoms with Crippen molar-refractivity contribution in [2.24, 2.45) is 0 Å². The van der Waals surface area contributed by atoms with Gasteiger partial charge in [-0.15, -0.1) is 0 Å². The second kappa shape index (κ2) is 61.8. The number of hydrogen-bond acceptors (Lipinski definition) is 7. The van der Waals surface area contributed by atoms with Crippen molar-refractivity contribution in [2.75, 3.05) is 47.5 Å². The molecule has 0 amide bonds. The molecule has 2 unspecified atom stereocenters. The molecular weight excluding hydrogens is 1010 g/mol. The van der Waals surface area contributed by atoms with Gasteiger partial charge in [0.05, 0.1) is 34.4 Å². The van der Waals surface area contributed by atoms with Crippen molar-refractivity contribution < 1.29 is 42.9 Å². The molecule has 0 rings (SSSR count). The Morgan fingerprint density at radius 2 is 0.704 bits per heavy atom. The molecule has 0 radical (unpaired) electrons. The van der Waals surface area contributed by atoms with Crippen LogP contribution in [0.15, 0.2) is 122 Å². The number of unbranched alkanes of at least 4 members (excludes halogenated alkanes) is 24. The first-order chi connectivity index (χ1) is 39.6. The standard InChI is InChI=1S/C72H121NO8/c1-6-8-10-12-14-16-18-20-22-24-26-27-28-29-30-31-32-33-34-35-36-37-38-39-40-41-42-43-45-47-49-51-53-55-57-59-61-63-70(75)81-68(67-80-72(71(76)77)78-65-64-73(3,4)5)66-79-69(74)62-60-58-56-54-52-50-48-46-44-25-23-21-19-17-15-13-11-9-7-2/h8,10,14-17,20-23,26-27,29-30,32-33,35-36,38-39,68,72H,6-7,9,11-13,18-19,24-25,28,31,34,37,40-67H2,1-5H3/p+1/b10-8-,16-14-,17-15-,22-20-,23-21-,27-26-,30-29-,33-32-,36-35-,39-38-. The molecule has 0 aromatic rings. The molecular formula is C72H122NO8+. The Morgan fingerprint density at radius 3 is 1.05 bits per heavy atom. The first kappa shape index (κ1) is 76.7. The fourth-order valence-electron chi connectivity index (χ4n) is 8.71. The molecule has 1 N–H and O–H groups in total. The number of likely N-dealkylation sites (N-methyl/N-ethyl adjacent to an activating group) is 1. The van der Waals surface area contributed by atoms with Gasteiger partial charge in [0.15, 0.2) is 6.10 Å². The van der Waals surface area contributed by atoms with Crippen molar-refractivity contribution in [3.05, 3.63) is 122 Å². The van der Waals surface area contributed by atoms with E-state index in [-0.39, 0.29) is 32.2 Å². The number of hydrogen-bond donors (Lipinski definition) is 1. The molecule has 462 valence electrons. The van der Waals surface area contributed by atoms with Crippen LogP contribution >= 0.6 is 0 Å². The van der Waals surface area contributed by atoms with Gasteiger partial charge in [0, 0.05) is 12.8 Å². The summed E-state index contributed by atoms with van der Waals surface area (Å²) < 4.78 is 22.9. The summed E-state index contributed by atoms with van der Waals surface area (Å²) in [7, 11) is 5.97. The third kappa shape index (κ3) is 63.1. The quantitative estimate of drug-likeness (QED) is 0.0211. The summed E-state index contributed by atoms with van der Waals surface area (Å²) in [5.41, 5.74) is 0. The SMILES string of the molecule is CC/C=C\C/C=C\C/C=C\C/C=C\C/C=C\C/C=C\C/C=C\C/C=C\CCCCCCCCCCCCCCC(=O)OC(COC(=O)CCCCCCCCCCC/C=C\C/C=C\CCCCC)COC(OCC[N+](C)(C)C)C(=O)O. The van der Waals surface area contributed by atoms with E-state index >= 15 is 0 Å². The molecule has 0 aliphatic carbocycles. The van der Waals surface area contributed by atoms with E-state index in [9.17, 15) is 19.5 Å². The summed E-state index contributed by atoms with van der Waals surface area (Å²) in [5, 5.41) is 9.73. The number of quaternary nitrogens is 1. The van der Waals surface area contributed by atoms with Crippen LogP contribution in [0.25, 0.3) is 0 Å². The molecule has 0 saturated carbocycles. The van der Waals surface area contributed by atoms with E-state index in [0.29, 0.717) is 23.9 Å². The average molecular weight is 1130 g/mol. The predicted octanol–water partition coefficient (Wildman–Crippen LogP) is 20.0. The van der Waals surface area contributed by atoms with Gasteiger partial charge in [0.2, 0.25) is 0 Å². The van der Waals surface area contributed by atoms with Crippen LogP contribution in [0.5, 0.6) is 0 Å². The van der Waals surface area contributed by atoms with E-state index in [4.69, 9.17) is 18.9 Å². The molecule has 0 bridgehead atoms. The average Bonchev–Trinajstić information content (AvgIpc) is 3.44. The number of carboxylic acid groups (broad SMARTS) is 1. The smallest absolute Gasteiger partial charge is 0.361 e. The summed E-state index contributed by atoms with van der Waals surface area (Å²) in [6.45, 7) is 4.73. The molecule has 0 aromatic carbocycles. The van der Waals surface area contributed by atoms with Crippen LogP contribution in [0, 0.1) is 0 Å². The van der Waals surface area contributed by atoms with Crippen molar-refractivity contribution in [2.45, 2.75) is 270 Å². The van der Waals surface area contributed by atoms with E-state index in [1.165, 1.54) is 128 Å². The Hall–Kier alpha value is -4.31. The first-order valence-electron chi connectivity index (χ1n) is 32.7. The van der Waals surface area contributed by atoms with Gasteiger partial charge >= 0.3 is 17.9 Å². The summed E-state index contributed by atoms with van der Waals surface area (Å²) in [4.78, 5) is 37.5. The van der Waals surface area contributed by atoms with Crippen LogP contribution in [-0.4, -0.2) is 87.4 Å². The van der Waals surface area contributed by atoms with Crippen molar-refractivity contribution in [1.82, 2.24) is 0 Å². The van der Waals surface area contributed by atoms with Crippen molar-refractivity contribution in [3.63, 3.8) is 0 Å². The molecule has 0 heterocycles. The van der Waals surface area contributed by atoms with E-state index in [1.54, 1.807) is 0 Å². The Labute approximate surface area is 497 Å². The maximum Gasteiger partial charge on any atom is 0.361 e. The zero-order chi connectivity index (χ0) is 59.1. The lowest BCUT2D eigenvalue weighted by atomic mass is 10.0. The molecule has 0 aliphatic rings. The van der Waals surface area contributed by atoms with Gasteiger partial charge in [0.25, 0.3) is 6.29 Å². The molecule has 9 heteroatoms. The predicted molar refractivity (Wildman–Crippen MR) is 345 cm³/mol. The molecule has 81 heavy (non-hydrogen) atoms. The van der Waals surface area contributed by atoms with E-state index in [0.717, 1.165) is 96.3 Å². The highest BCUT2D eigenvalue weighted by Gasteiger charge is 2.25. The minimum atomic E-state index is -1.52. The first-order valence-corrected chi connectivity index (χ1v) is 32.7. The summed E-state index contributed by atoms with van der Waals surface area (Å²) in [6, 6.07) is 0. The third-order valence-corrected chi connectivity index (χ3v) is 13.7. The highest BCUT2D eigenvalue weighted by molar-refractivity contribution is 5.71. The van der Waals surface area contributed by atoms with Gasteiger partial charge in [-0.2, -0.15) is 0 Å². The number of carbonyl (C=O) groups excluding carboxylic acids is 2. The highest BCUT2D eigenvalue weighted by atomic mass is 16.7. The van der Waals surface area contributed by atoms with Crippen LogP contribution < -0.4 is 0 Å². The highest BCUT2D eigenvalue weighted by Crippen LogP contribution is 2.16. The van der Waals surface area contributed by atoms with Crippen LogP contribution in [0.4, 0.5) is 0 Å². The second-order valence-corrected chi connectivity index (χ2v) is 22.7. The molecule has 9 nitrogen and oxygen atoms in total. The van der Waals surface area contributed by atoms with Crippen molar-refractivity contribution in [1.29, 1.82) is 0 Å². The number of allylic oxidation sites excluding steroid dienone is 20. The lowest BCUT2D eigenvalue weighted by molar-refractivity contribution is -0.870. The monoisotopic (exact) mass is 1130 g/mol. The molecule has 2 atom stereocenters. The molecule has 0 aliphatic heterocycles. The van der Waals surface area contributed by atoms with Gasteiger partial charge in [-0.05, 0) is 109 Å². The van der Waals surface area contributed by atoms with Crippen molar-refractivity contribution in [3.8, 4) is 0 Å². The van der Waals surface area contributed by atoms with Gasteiger partial charge in [-0.25, -0.2) is 4.79 Å². The van der Waals surface area contributed by atoms with E-state index < -0.39 is 24.3 Å². The normalized spacial score (nSPS) is 13.5. The van der Waals surface area contributed by atoms with Gasteiger partial charge in [-0.3, -0.25) is 9.59 Å². The summed E-state index contributed by atoms with van der Waals surface area (Å²) in [5.74, 6) is -2.02. The lowest BCUT2D eigenvalue weighted by Gasteiger charge is -2.25. The lowest BCUT2D eigenvalue weighted by Crippen LogP contribution is -2.40. The molecule has 0 saturated heterocycles. The van der Waals surface area contributed by atoms with E-state index in [1.807, 2.05) is 21.1 Å².